The number of hydrogen-bond acceptors (Lipinski definition) is 4. The van der Waals surface area contributed by atoms with Crippen molar-refractivity contribution in [2.75, 3.05) is 26.8 Å². The zero-order chi connectivity index (χ0) is 15.4. The zero-order valence-corrected chi connectivity index (χ0v) is 13.1. The maximum Gasteiger partial charge on any atom is 0.223 e. The fourth-order valence-electron chi connectivity index (χ4n) is 3.26. The summed E-state index contributed by atoms with van der Waals surface area (Å²) in [6.45, 7) is 2.35. The van der Waals surface area contributed by atoms with Gasteiger partial charge >= 0.3 is 0 Å². The van der Waals surface area contributed by atoms with Gasteiger partial charge in [0.15, 0.2) is 0 Å². The molecule has 2 aliphatic heterocycles. The molecule has 22 heavy (non-hydrogen) atoms. The number of amides is 1. The third kappa shape index (κ3) is 3.42. The van der Waals surface area contributed by atoms with Gasteiger partial charge in [0.2, 0.25) is 5.91 Å². The summed E-state index contributed by atoms with van der Waals surface area (Å²) in [6.07, 6.45) is 3.59. The fraction of sp³-hybridized carbons (Fsp3) is 0.588. The molecule has 1 aromatic rings. The average Bonchev–Trinajstić information content (AvgIpc) is 2.77. The third-order valence-electron chi connectivity index (χ3n) is 4.59. The van der Waals surface area contributed by atoms with Crippen LogP contribution < -0.4 is 10.1 Å². The van der Waals surface area contributed by atoms with Crippen LogP contribution in [0.3, 0.4) is 0 Å². The van der Waals surface area contributed by atoms with E-state index in [1.165, 1.54) is 0 Å². The van der Waals surface area contributed by atoms with E-state index in [0.29, 0.717) is 0 Å². The lowest BCUT2D eigenvalue weighted by Gasteiger charge is -2.30. The first-order chi connectivity index (χ1) is 10.8. The Bertz CT molecular complexity index is 512. The summed E-state index contributed by atoms with van der Waals surface area (Å²) >= 11 is 0. The van der Waals surface area contributed by atoms with Crippen molar-refractivity contribution in [3.8, 4) is 5.75 Å². The van der Waals surface area contributed by atoms with Gasteiger partial charge in [-0.2, -0.15) is 5.06 Å². The molecule has 1 aromatic carbocycles. The molecule has 0 spiro atoms. The number of hydroxylamine groups is 2. The van der Waals surface area contributed by atoms with Crippen LogP contribution in [0.2, 0.25) is 0 Å². The van der Waals surface area contributed by atoms with E-state index >= 15 is 0 Å². The smallest absolute Gasteiger partial charge is 0.223 e. The number of piperidine rings is 1. The monoisotopic (exact) mass is 304 g/mol. The summed E-state index contributed by atoms with van der Waals surface area (Å²) in [5, 5.41) is 5.15. The summed E-state index contributed by atoms with van der Waals surface area (Å²) in [5.74, 6) is 1.15. The van der Waals surface area contributed by atoms with Crippen molar-refractivity contribution in [3.05, 3.63) is 29.8 Å². The van der Waals surface area contributed by atoms with Crippen molar-refractivity contribution in [3.63, 3.8) is 0 Å². The molecule has 1 atom stereocenters. The minimum absolute atomic E-state index is 0.0617. The Hall–Kier alpha value is -1.59. The van der Waals surface area contributed by atoms with Gasteiger partial charge in [-0.25, -0.2) is 0 Å². The Morgan fingerprint density at radius 3 is 2.82 bits per heavy atom. The minimum atomic E-state index is 0.0617. The topological polar surface area (TPSA) is 50.8 Å². The normalized spacial score (nSPS) is 23.2. The van der Waals surface area contributed by atoms with Crippen molar-refractivity contribution in [1.82, 2.24) is 10.4 Å². The molecule has 0 radical (unpaired) electrons. The highest BCUT2D eigenvalue weighted by Gasteiger charge is 2.28. The Labute approximate surface area is 131 Å². The number of fused-ring (bicyclic) bond motifs is 1. The second-order valence-electron chi connectivity index (χ2n) is 5.98. The first kappa shape index (κ1) is 15.3. The van der Waals surface area contributed by atoms with E-state index in [2.05, 4.69) is 11.4 Å². The van der Waals surface area contributed by atoms with Crippen LogP contribution in [0.1, 0.15) is 37.3 Å². The van der Waals surface area contributed by atoms with E-state index in [4.69, 9.17) is 9.57 Å². The van der Waals surface area contributed by atoms with E-state index < -0.39 is 0 Å². The van der Waals surface area contributed by atoms with E-state index in [9.17, 15) is 4.79 Å². The molecule has 1 N–H and O–H groups in total. The van der Waals surface area contributed by atoms with Crippen molar-refractivity contribution in [2.24, 2.45) is 5.92 Å². The van der Waals surface area contributed by atoms with Crippen LogP contribution in [0.4, 0.5) is 0 Å². The Kier molecular flexibility index (Phi) is 4.95. The highest BCUT2D eigenvalue weighted by Crippen LogP contribution is 2.31. The number of ether oxygens (including phenoxy) is 1. The molecule has 0 aliphatic carbocycles. The van der Waals surface area contributed by atoms with Gasteiger partial charge < -0.3 is 14.9 Å². The van der Waals surface area contributed by atoms with E-state index in [-0.39, 0.29) is 17.9 Å². The van der Waals surface area contributed by atoms with Crippen LogP contribution in [-0.2, 0) is 9.63 Å². The number of rotatable bonds is 3. The minimum Gasteiger partial charge on any atom is -0.493 e. The molecule has 5 heteroatoms. The van der Waals surface area contributed by atoms with Gasteiger partial charge in [-0.15, -0.1) is 0 Å². The Balaban J connectivity index is 1.64. The molecular weight excluding hydrogens is 280 g/mol. The van der Waals surface area contributed by atoms with Gasteiger partial charge in [0, 0.05) is 24.6 Å². The Morgan fingerprint density at radius 2 is 2.05 bits per heavy atom. The average molecular weight is 304 g/mol. The molecule has 5 nitrogen and oxygen atoms in total. The molecule has 0 aromatic heterocycles. The lowest BCUT2D eigenvalue weighted by atomic mass is 9.95. The van der Waals surface area contributed by atoms with Crippen LogP contribution in [0.5, 0.6) is 5.75 Å². The van der Waals surface area contributed by atoms with Gasteiger partial charge in [0.1, 0.15) is 5.75 Å². The van der Waals surface area contributed by atoms with E-state index in [0.717, 1.165) is 56.7 Å². The second-order valence-corrected chi connectivity index (χ2v) is 5.98. The number of hydrogen-bond donors (Lipinski definition) is 1. The number of benzene rings is 1. The second kappa shape index (κ2) is 7.11. The highest BCUT2D eigenvalue weighted by atomic mass is 16.7. The quantitative estimate of drug-likeness (QED) is 0.931. The first-order valence-electron chi connectivity index (χ1n) is 8.09. The van der Waals surface area contributed by atoms with Gasteiger partial charge in [0.05, 0.1) is 19.8 Å². The molecule has 0 bridgehead atoms. The van der Waals surface area contributed by atoms with Gasteiger partial charge in [0.25, 0.3) is 0 Å². The number of nitrogens with zero attached hydrogens (tertiary/aromatic N) is 1. The molecule has 2 heterocycles. The summed E-state index contributed by atoms with van der Waals surface area (Å²) < 4.78 is 5.76. The van der Waals surface area contributed by atoms with E-state index in [1.54, 1.807) is 7.11 Å². The van der Waals surface area contributed by atoms with Crippen LogP contribution >= 0.6 is 0 Å². The predicted octanol–water partition coefficient (Wildman–Crippen LogP) is 2.29. The Morgan fingerprint density at radius 1 is 1.27 bits per heavy atom. The molecule has 1 fully saturated rings. The maximum absolute atomic E-state index is 12.6. The molecule has 0 unspecified atom stereocenters. The standard InChI is InChI=1S/C17H24N2O3/c1-21-19-10-8-13(9-11-19)17(20)18-15-6-4-12-22-16-7-3-2-5-14(15)16/h2-3,5,7,13,15H,4,6,8-12H2,1H3,(H,18,20)/t15-/m0/s1. The number of carbonyl (C=O) groups excluding carboxylic acids is 1. The van der Waals surface area contributed by atoms with Crippen molar-refractivity contribution in [1.29, 1.82) is 0 Å². The molecule has 0 saturated carbocycles. The highest BCUT2D eigenvalue weighted by molar-refractivity contribution is 5.79. The first-order valence-corrected chi connectivity index (χ1v) is 8.09. The maximum atomic E-state index is 12.6. The lowest BCUT2D eigenvalue weighted by molar-refractivity contribution is -0.154. The SMILES string of the molecule is CON1CCC(C(=O)N[C@H]2CCCOc3ccccc32)CC1. The summed E-state index contributed by atoms with van der Waals surface area (Å²) in [5.41, 5.74) is 1.10. The zero-order valence-electron chi connectivity index (χ0n) is 13.1. The van der Waals surface area contributed by atoms with Crippen LogP contribution in [0, 0.1) is 5.92 Å². The lowest BCUT2D eigenvalue weighted by Crippen LogP contribution is -2.41. The van der Waals surface area contributed by atoms with Crippen LogP contribution in [0.25, 0.3) is 0 Å². The number of para-hydroxylation sites is 1. The van der Waals surface area contributed by atoms with Gasteiger partial charge in [-0.1, -0.05) is 18.2 Å². The summed E-state index contributed by atoms with van der Waals surface area (Å²) in [6, 6.07) is 8.08. The van der Waals surface area contributed by atoms with E-state index in [1.807, 2.05) is 23.3 Å². The van der Waals surface area contributed by atoms with Gasteiger partial charge in [-0.3, -0.25) is 4.79 Å². The molecule has 1 amide bonds. The van der Waals surface area contributed by atoms with Crippen LogP contribution in [0.15, 0.2) is 24.3 Å². The number of nitrogens with one attached hydrogen (secondary N) is 1. The largest absolute Gasteiger partial charge is 0.493 e. The fourth-order valence-corrected chi connectivity index (χ4v) is 3.26. The molecular formula is C17H24N2O3. The molecule has 3 rings (SSSR count). The molecule has 2 aliphatic rings. The van der Waals surface area contributed by atoms with Crippen LogP contribution in [-0.4, -0.2) is 37.8 Å². The summed E-state index contributed by atoms with van der Waals surface area (Å²) in [4.78, 5) is 17.8. The third-order valence-corrected chi connectivity index (χ3v) is 4.59. The molecule has 1 saturated heterocycles. The summed E-state index contributed by atoms with van der Waals surface area (Å²) in [7, 11) is 1.68. The predicted molar refractivity (Wildman–Crippen MR) is 83.4 cm³/mol. The number of carbonyl (C=O) groups is 1. The molecule has 120 valence electrons. The van der Waals surface area contributed by atoms with Crippen molar-refractivity contribution in [2.45, 2.75) is 31.7 Å². The van der Waals surface area contributed by atoms with Crippen molar-refractivity contribution < 1.29 is 14.4 Å². The van der Waals surface area contributed by atoms with Gasteiger partial charge in [-0.05, 0) is 31.7 Å². The van der Waals surface area contributed by atoms with Crippen molar-refractivity contribution >= 4 is 5.91 Å².